The molecule has 0 aliphatic carbocycles. The number of amides is 3. The summed E-state index contributed by atoms with van der Waals surface area (Å²) in [5.41, 5.74) is 0. The largest absolute Gasteiger partial charge is 0.336 e. The Kier molecular flexibility index (Phi) is 2.90. The van der Waals surface area contributed by atoms with Crippen molar-refractivity contribution in [2.45, 2.75) is 25.8 Å². The molecule has 0 radical (unpaired) electrons. The van der Waals surface area contributed by atoms with Gasteiger partial charge in [-0.25, -0.2) is 4.79 Å². The minimum atomic E-state index is -0.231. The summed E-state index contributed by atoms with van der Waals surface area (Å²) in [7, 11) is 0. The first-order valence-corrected chi connectivity index (χ1v) is 5.64. The van der Waals surface area contributed by atoms with Crippen molar-refractivity contribution in [1.29, 1.82) is 0 Å². The first-order valence-electron chi connectivity index (χ1n) is 5.64. The number of rotatable bonds is 2. The van der Waals surface area contributed by atoms with Crippen molar-refractivity contribution in [1.82, 2.24) is 10.2 Å². The number of hydrogen-bond acceptors (Lipinski definition) is 2. The zero-order valence-electron chi connectivity index (χ0n) is 9.08. The van der Waals surface area contributed by atoms with Crippen molar-refractivity contribution in [2.75, 3.05) is 26.2 Å². The van der Waals surface area contributed by atoms with Gasteiger partial charge in [0.15, 0.2) is 6.04 Å². The van der Waals surface area contributed by atoms with Crippen molar-refractivity contribution in [3.8, 4) is 0 Å². The van der Waals surface area contributed by atoms with E-state index in [1.54, 1.807) is 0 Å². The van der Waals surface area contributed by atoms with Gasteiger partial charge < -0.3 is 10.2 Å². The number of hydrogen-bond donors (Lipinski definition) is 2. The Labute approximate surface area is 89.4 Å². The van der Waals surface area contributed by atoms with Gasteiger partial charge in [-0.1, -0.05) is 0 Å². The third-order valence-corrected chi connectivity index (χ3v) is 3.35. The molecule has 2 rings (SSSR count). The van der Waals surface area contributed by atoms with E-state index in [1.807, 2.05) is 6.92 Å². The van der Waals surface area contributed by atoms with Gasteiger partial charge in [0.25, 0.3) is 5.91 Å². The lowest BCUT2D eigenvalue weighted by Crippen LogP contribution is -3.15. The van der Waals surface area contributed by atoms with Gasteiger partial charge in [-0.3, -0.25) is 9.69 Å². The van der Waals surface area contributed by atoms with E-state index in [4.69, 9.17) is 0 Å². The van der Waals surface area contributed by atoms with Crippen LogP contribution in [0.4, 0.5) is 4.79 Å². The molecule has 5 heteroatoms. The fourth-order valence-corrected chi connectivity index (χ4v) is 2.35. The molecule has 2 N–H and O–H groups in total. The quantitative estimate of drug-likeness (QED) is 0.592. The van der Waals surface area contributed by atoms with Crippen molar-refractivity contribution in [2.24, 2.45) is 0 Å². The SMILES string of the molecule is C[C@H](C(=O)N1CCNC1=O)[NH+]1CCCC1. The summed E-state index contributed by atoms with van der Waals surface area (Å²) >= 11 is 0. The lowest BCUT2D eigenvalue weighted by Gasteiger charge is -2.23. The van der Waals surface area contributed by atoms with E-state index in [1.165, 1.54) is 22.6 Å². The van der Waals surface area contributed by atoms with Crippen molar-refractivity contribution in [3.05, 3.63) is 0 Å². The van der Waals surface area contributed by atoms with Crippen molar-refractivity contribution >= 4 is 11.9 Å². The number of carbonyl (C=O) groups is 2. The second-order valence-electron chi connectivity index (χ2n) is 4.31. The standard InChI is InChI=1S/C10H17N3O2/c1-8(12-5-2-3-6-12)9(14)13-7-4-11-10(13)15/h8H,2-7H2,1H3,(H,11,15)/p+1/t8-/m1/s1. The summed E-state index contributed by atoms with van der Waals surface area (Å²) in [5.74, 6) is -0.0260. The highest BCUT2D eigenvalue weighted by Crippen LogP contribution is 2.00. The lowest BCUT2D eigenvalue weighted by atomic mass is 10.2. The van der Waals surface area contributed by atoms with Gasteiger partial charge in [-0.15, -0.1) is 0 Å². The van der Waals surface area contributed by atoms with E-state index in [0.29, 0.717) is 13.1 Å². The topological polar surface area (TPSA) is 53.9 Å². The third-order valence-electron chi connectivity index (χ3n) is 3.35. The summed E-state index contributed by atoms with van der Waals surface area (Å²) in [6.07, 6.45) is 2.39. The molecule has 2 heterocycles. The number of carbonyl (C=O) groups excluding carboxylic acids is 2. The molecule has 2 aliphatic heterocycles. The number of quaternary nitrogens is 1. The molecule has 2 aliphatic rings. The van der Waals surface area contributed by atoms with Crippen LogP contribution in [0.3, 0.4) is 0 Å². The Morgan fingerprint density at radius 1 is 1.47 bits per heavy atom. The van der Waals surface area contributed by atoms with E-state index in [0.717, 1.165) is 13.1 Å². The normalized spacial score (nSPS) is 24.3. The molecule has 0 spiro atoms. The molecule has 0 saturated carbocycles. The number of likely N-dealkylation sites (tertiary alicyclic amines) is 1. The van der Waals surface area contributed by atoms with Crippen LogP contribution in [0.1, 0.15) is 19.8 Å². The molecule has 5 nitrogen and oxygen atoms in total. The van der Waals surface area contributed by atoms with Crippen LogP contribution in [-0.2, 0) is 4.79 Å². The Balaban J connectivity index is 1.97. The monoisotopic (exact) mass is 212 g/mol. The van der Waals surface area contributed by atoms with Crippen LogP contribution in [0.25, 0.3) is 0 Å². The molecule has 15 heavy (non-hydrogen) atoms. The number of nitrogens with zero attached hydrogens (tertiary/aromatic N) is 1. The molecule has 0 unspecified atom stereocenters. The summed E-state index contributed by atoms with van der Waals surface area (Å²) in [6, 6.07) is -0.304. The molecular formula is C10H18N3O2+. The van der Waals surface area contributed by atoms with E-state index in [-0.39, 0.29) is 18.0 Å². The highest BCUT2D eigenvalue weighted by Gasteiger charge is 2.35. The molecular weight excluding hydrogens is 194 g/mol. The zero-order valence-corrected chi connectivity index (χ0v) is 9.08. The van der Waals surface area contributed by atoms with Gasteiger partial charge in [-0.2, -0.15) is 0 Å². The Morgan fingerprint density at radius 3 is 2.67 bits per heavy atom. The van der Waals surface area contributed by atoms with Gasteiger partial charge in [-0.05, 0) is 6.92 Å². The fourth-order valence-electron chi connectivity index (χ4n) is 2.35. The molecule has 0 aromatic carbocycles. The molecule has 3 amide bonds. The predicted octanol–water partition coefficient (Wildman–Crippen LogP) is -1.39. The fraction of sp³-hybridized carbons (Fsp3) is 0.800. The molecule has 2 fully saturated rings. The average molecular weight is 212 g/mol. The second kappa shape index (κ2) is 4.18. The smallest absolute Gasteiger partial charge is 0.324 e. The van der Waals surface area contributed by atoms with Crippen LogP contribution in [-0.4, -0.2) is 49.1 Å². The first kappa shape index (κ1) is 10.4. The van der Waals surface area contributed by atoms with E-state index in [9.17, 15) is 9.59 Å². The molecule has 84 valence electrons. The predicted molar refractivity (Wildman–Crippen MR) is 54.5 cm³/mol. The Hall–Kier alpha value is -1.10. The van der Waals surface area contributed by atoms with Crippen LogP contribution in [0.5, 0.6) is 0 Å². The number of imide groups is 1. The maximum atomic E-state index is 12.0. The summed E-state index contributed by atoms with van der Waals surface area (Å²) in [5, 5.41) is 2.65. The molecule has 2 saturated heterocycles. The maximum absolute atomic E-state index is 12.0. The molecule has 0 aromatic heterocycles. The van der Waals surface area contributed by atoms with Crippen LogP contribution in [0, 0.1) is 0 Å². The van der Waals surface area contributed by atoms with Crippen LogP contribution < -0.4 is 10.2 Å². The van der Waals surface area contributed by atoms with Crippen LogP contribution >= 0.6 is 0 Å². The van der Waals surface area contributed by atoms with Crippen molar-refractivity contribution in [3.63, 3.8) is 0 Å². The average Bonchev–Trinajstić information content (AvgIpc) is 2.85. The molecule has 1 atom stereocenters. The van der Waals surface area contributed by atoms with Gasteiger partial charge >= 0.3 is 6.03 Å². The van der Waals surface area contributed by atoms with Crippen LogP contribution in [0.2, 0.25) is 0 Å². The zero-order chi connectivity index (χ0) is 10.8. The minimum Gasteiger partial charge on any atom is -0.336 e. The molecule has 0 bridgehead atoms. The molecule has 0 aromatic rings. The summed E-state index contributed by atoms with van der Waals surface area (Å²) < 4.78 is 0. The van der Waals surface area contributed by atoms with E-state index < -0.39 is 0 Å². The highest BCUT2D eigenvalue weighted by atomic mass is 16.2. The third kappa shape index (κ3) is 1.97. The highest BCUT2D eigenvalue weighted by molar-refractivity contribution is 5.97. The first-order chi connectivity index (χ1) is 7.20. The van der Waals surface area contributed by atoms with Gasteiger partial charge in [0, 0.05) is 25.9 Å². The Bertz CT molecular complexity index is 274. The lowest BCUT2D eigenvalue weighted by molar-refractivity contribution is -0.902. The minimum absolute atomic E-state index is 0.0260. The van der Waals surface area contributed by atoms with Crippen LogP contribution in [0.15, 0.2) is 0 Å². The van der Waals surface area contributed by atoms with Crippen molar-refractivity contribution < 1.29 is 14.5 Å². The van der Waals surface area contributed by atoms with Gasteiger partial charge in [0.05, 0.1) is 13.1 Å². The number of nitrogens with one attached hydrogen (secondary N) is 2. The second-order valence-corrected chi connectivity index (χ2v) is 4.31. The van der Waals surface area contributed by atoms with Gasteiger partial charge in [0.2, 0.25) is 0 Å². The maximum Gasteiger partial charge on any atom is 0.324 e. The number of urea groups is 1. The van der Waals surface area contributed by atoms with E-state index >= 15 is 0 Å². The van der Waals surface area contributed by atoms with Gasteiger partial charge in [0.1, 0.15) is 0 Å². The summed E-state index contributed by atoms with van der Waals surface area (Å²) in [6.45, 7) is 5.15. The summed E-state index contributed by atoms with van der Waals surface area (Å²) in [4.78, 5) is 26.0. The van der Waals surface area contributed by atoms with E-state index in [2.05, 4.69) is 5.32 Å². The Morgan fingerprint density at radius 2 is 2.13 bits per heavy atom.